The second-order valence-corrected chi connectivity index (χ2v) is 8.76. The Kier molecular flexibility index (Phi) is 7.74. The molecule has 0 bridgehead atoms. The smallest absolute Gasteiger partial charge is 0.255 e. The summed E-state index contributed by atoms with van der Waals surface area (Å²) in [5, 5.41) is 8.34. The van der Waals surface area contributed by atoms with E-state index in [4.69, 9.17) is 9.47 Å². The molecule has 1 aromatic heterocycles. The molecule has 0 aliphatic heterocycles. The average Bonchev–Trinajstić information content (AvgIpc) is 3.31. The van der Waals surface area contributed by atoms with Crippen molar-refractivity contribution in [1.82, 2.24) is 4.98 Å². The maximum Gasteiger partial charge on any atom is 0.255 e. The van der Waals surface area contributed by atoms with Crippen molar-refractivity contribution < 1.29 is 19.1 Å². The first-order valence-electron chi connectivity index (χ1n) is 11.0. The van der Waals surface area contributed by atoms with Crippen LogP contribution in [0.15, 0.2) is 78.2 Å². The highest BCUT2D eigenvalue weighted by Gasteiger charge is 2.11. The Hall–Kier alpha value is -4.17. The average molecular weight is 488 g/mol. The van der Waals surface area contributed by atoms with Crippen molar-refractivity contribution in [3.8, 4) is 11.5 Å². The van der Waals surface area contributed by atoms with Gasteiger partial charge >= 0.3 is 0 Å². The Labute approximate surface area is 207 Å². The lowest BCUT2D eigenvalue weighted by Gasteiger charge is -2.08. The molecule has 2 amide bonds. The number of amides is 2. The monoisotopic (exact) mass is 487 g/mol. The summed E-state index contributed by atoms with van der Waals surface area (Å²) >= 11 is 1.46. The van der Waals surface area contributed by atoms with Crippen LogP contribution in [0.1, 0.15) is 26.6 Å². The van der Waals surface area contributed by atoms with Gasteiger partial charge in [0, 0.05) is 22.3 Å². The number of aryl methyl sites for hydroxylation is 1. The number of rotatable bonds is 9. The third-order valence-corrected chi connectivity index (χ3v) is 5.97. The van der Waals surface area contributed by atoms with Crippen LogP contribution in [0.3, 0.4) is 0 Å². The van der Waals surface area contributed by atoms with Crippen molar-refractivity contribution in [3.63, 3.8) is 0 Å². The highest BCUT2D eigenvalue weighted by Crippen LogP contribution is 2.18. The molecule has 2 N–H and O–H groups in total. The summed E-state index contributed by atoms with van der Waals surface area (Å²) in [4.78, 5) is 29.4. The summed E-state index contributed by atoms with van der Waals surface area (Å²) < 4.78 is 10.9. The number of hydrogen-bond acceptors (Lipinski definition) is 6. The lowest BCUT2D eigenvalue weighted by atomic mass is 10.2. The topological polar surface area (TPSA) is 89.6 Å². The number of nitrogens with zero attached hydrogens (tertiary/aromatic N) is 1. The highest BCUT2D eigenvalue weighted by atomic mass is 32.1. The third-order valence-electron chi connectivity index (χ3n) is 5.10. The fourth-order valence-electron chi connectivity index (χ4n) is 3.23. The molecule has 178 valence electrons. The lowest BCUT2D eigenvalue weighted by molar-refractivity contribution is -0.115. The number of benzene rings is 3. The summed E-state index contributed by atoms with van der Waals surface area (Å²) in [6.07, 6.45) is 0.154. The fraction of sp³-hybridized carbons (Fsp3) is 0.148. The van der Waals surface area contributed by atoms with Gasteiger partial charge in [-0.05, 0) is 67.6 Å². The molecule has 4 aromatic rings. The Bertz CT molecular complexity index is 1280. The van der Waals surface area contributed by atoms with Gasteiger partial charge in [0.15, 0.2) is 0 Å². The maximum atomic E-state index is 12.5. The summed E-state index contributed by atoms with van der Waals surface area (Å²) in [7, 11) is 1.59. The number of carbonyl (C=O) groups is 2. The number of carbonyl (C=O) groups excluding carboxylic acids is 2. The normalized spacial score (nSPS) is 10.5. The van der Waals surface area contributed by atoms with Gasteiger partial charge in [-0.1, -0.05) is 17.7 Å². The predicted molar refractivity (Wildman–Crippen MR) is 137 cm³/mol. The zero-order chi connectivity index (χ0) is 24.6. The van der Waals surface area contributed by atoms with Gasteiger partial charge in [-0.2, -0.15) is 0 Å². The molecule has 0 aliphatic carbocycles. The van der Waals surface area contributed by atoms with Crippen molar-refractivity contribution in [2.45, 2.75) is 20.0 Å². The van der Waals surface area contributed by atoms with Gasteiger partial charge in [0.1, 0.15) is 23.1 Å². The Morgan fingerprint density at radius 1 is 0.857 bits per heavy atom. The lowest BCUT2D eigenvalue weighted by Crippen LogP contribution is -2.15. The van der Waals surface area contributed by atoms with Crippen molar-refractivity contribution in [2.75, 3.05) is 17.7 Å². The molecular formula is C27H25N3O4S. The highest BCUT2D eigenvalue weighted by molar-refractivity contribution is 7.09. The predicted octanol–water partition coefficient (Wildman–Crippen LogP) is 5.47. The van der Waals surface area contributed by atoms with Crippen LogP contribution >= 0.6 is 11.3 Å². The number of nitrogens with one attached hydrogen (secondary N) is 2. The van der Waals surface area contributed by atoms with Gasteiger partial charge in [0.25, 0.3) is 5.91 Å². The van der Waals surface area contributed by atoms with Gasteiger partial charge in [0.05, 0.1) is 19.2 Å². The number of anilines is 2. The standard InChI is InChI=1S/C27H25N3O4S/c1-18-3-11-24(12-4-18)34-16-26-29-22(17-35-26)15-25(31)28-20-7-5-19(6-8-20)27(32)30-21-9-13-23(33-2)14-10-21/h3-14,17H,15-16H2,1-2H3,(H,28,31)(H,30,32). The maximum absolute atomic E-state index is 12.5. The SMILES string of the molecule is COc1ccc(NC(=O)c2ccc(NC(=O)Cc3csc(COc4ccc(C)cc4)n3)cc2)cc1. The molecule has 0 saturated carbocycles. The largest absolute Gasteiger partial charge is 0.497 e. The molecule has 3 aromatic carbocycles. The molecule has 7 nitrogen and oxygen atoms in total. The molecule has 0 radical (unpaired) electrons. The molecule has 0 aliphatic rings. The minimum absolute atomic E-state index is 0.154. The molecule has 0 fully saturated rings. The van der Waals surface area contributed by atoms with Gasteiger partial charge in [-0.25, -0.2) is 4.98 Å². The van der Waals surface area contributed by atoms with Gasteiger partial charge < -0.3 is 20.1 Å². The van der Waals surface area contributed by atoms with E-state index in [1.807, 2.05) is 36.6 Å². The van der Waals surface area contributed by atoms with Gasteiger partial charge in [-0.3, -0.25) is 9.59 Å². The van der Waals surface area contributed by atoms with Crippen LogP contribution in [0, 0.1) is 6.92 Å². The van der Waals surface area contributed by atoms with Crippen molar-refractivity contribution in [2.24, 2.45) is 0 Å². The van der Waals surface area contributed by atoms with Crippen LogP contribution < -0.4 is 20.1 Å². The molecule has 0 spiro atoms. The van der Waals surface area contributed by atoms with E-state index in [1.165, 1.54) is 16.9 Å². The molecular weight excluding hydrogens is 462 g/mol. The molecule has 8 heteroatoms. The minimum atomic E-state index is -0.240. The van der Waals surface area contributed by atoms with E-state index < -0.39 is 0 Å². The first-order chi connectivity index (χ1) is 17.0. The van der Waals surface area contributed by atoms with E-state index >= 15 is 0 Å². The quantitative estimate of drug-likeness (QED) is 0.327. The number of methoxy groups -OCH3 is 1. The summed E-state index contributed by atoms with van der Waals surface area (Å²) in [5.74, 6) is 1.08. The Morgan fingerprint density at radius 3 is 2.17 bits per heavy atom. The minimum Gasteiger partial charge on any atom is -0.497 e. The molecule has 0 saturated heterocycles. The number of hydrogen-bond donors (Lipinski definition) is 2. The van der Waals surface area contributed by atoms with Crippen LogP contribution in [-0.4, -0.2) is 23.9 Å². The van der Waals surface area contributed by atoms with Gasteiger partial charge in [0.2, 0.25) is 5.91 Å². The first-order valence-corrected chi connectivity index (χ1v) is 11.8. The molecule has 0 atom stereocenters. The molecule has 4 rings (SSSR count). The molecule has 35 heavy (non-hydrogen) atoms. The zero-order valence-electron chi connectivity index (χ0n) is 19.4. The first kappa shape index (κ1) is 24.0. The van der Waals surface area contributed by atoms with Crippen molar-refractivity contribution in [1.29, 1.82) is 0 Å². The Balaban J connectivity index is 1.26. The van der Waals surface area contributed by atoms with E-state index in [-0.39, 0.29) is 18.2 Å². The molecule has 1 heterocycles. The second-order valence-electron chi connectivity index (χ2n) is 7.82. The second kappa shape index (κ2) is 11.3. The summed E-state index contributed by atoms with van der Waals surface area (Å²) in [6.45, 7) is 2.38. The van der Waals surface area contributed by atoms with E-state index in [1.54, 1.807) is 55.6 Å². The van der Waals surface area contributed by atoms with Crippen molar-refractivity contribution >= 4 is 34.5 Å². The number of ether oxygens (including phenoxy) is 2. The fourth-order valence-corrected chi connectivity index (χ4v) is 3.93. The zero-order valence-corrected chi connectivity index (χ0v) is 20.2. The van der Waals surface area contributed by atoms with E-state index in [9.17, 15) is 9.59 Å². The van der Waals surface area contributed by atoms with E-state index in [0.717, 1.165) is 10.8 Å². The van der Waals surface area contributed by atoms with Crippen molar-refractivity contribution in [3.05, 3.63) is 100 Å². The number of thiazole rings is 1. The van der Waals surface area contributed by atoms with Crippen LogP contribution in [0.2, 0.25) is 0 Å². The van der Waals surface area contributed by atoms with Crippen LogP contribution in [0.4, 0.5) is 11.4 Å². The number of aromatic nitrogens is 1. The van der Waals surface area contributed by atoms with Crippen LogP contribution in [0.5, 0.6) is 11.5 Å². The van der Waals surface area contributed by atoms with E-state index in [0.29, 0.717) is 35.0 Å². The van der Waals surface area contributed by atoms with E-state index in [2.05, 4.69) is 15.6 Å². The third kappa shape index (κ3) is 6.91. The van der Waals surface area contributed by atoms with Gasteiger partial charge in [-0.15, -0.1) is 11.3 Å². The van der Waals surface area contributed by atoms with Crippen LogP contribution in [0.25, 0.3) is 0 Å². The summed E-state index contributed by atoms with van der Waals surface area (Å²) in [5.41, 5.74) is 3.61. The summed E-state index contributed by atoms with van der Waals surface area (Å²) in [6, 6.07) is 21.6. The van der Waals surface area contributed by atoms with Crippen LogP contribution in [-0.2, 0) is 17.8 Å². The Morgan fingerprint density at radius 2 is 1.49 bits per heavy atom. The molecule has 0 unspecified atom stereocenters.